The van der Waals surface area contributed by atoms with Gasteiger partial charge in [0, 0.05) is 48.6 Å². The third-order valence-electron chi connectivity index (χ3n) is 8.48. The fourth-order valence-electron chi connectivity index (χ4n) is 6.70. The Hall–Kier alpha value is -2.31. The molecule has 3 nitrogen and oxygen atoms in total. The van der Waals surface area contributed by atoms with Gasteiger partial charge in [-0.1, -0.05) is 60.9 Å². The zero-order chi connectivity index (χ0) is 22.0. The van der Waals surface area contributed by atoms with Crippen LogP contribution in [0.3, 0.4) is 0 Å². The molecule has 0 aromatic heterocycles. The summed E-state index contributed by atoms with van der Waals surface area (Å²) in [4.78, 5) is 9.68. The molecular weight excluding hydrogens is 390 g/mol. The standard InChI is InChI=1S/C29H37N3/c1-23-12-14-28(15-13-23)32-21-24(22-32)20-31-18-16-27(17-19-31)29(30-2,26-10-6-7-11-26)25-8-4-3-5-9-25/h3-5,8-9,12-15,24,26-27H,6-7,10-11,16-22H2,1H3. The Balaban J connectivity index is 1.20. The molecule has 0 amide bonds. The summed E-state index contributed by atoms with van der Waals surface area (Å²) in [6.45, 7) is 16.4. The molecule has 3 heteroatoms. The average Bonchev–Trinajstić information content (AvgIpc) is 3.35. The molecule has 2 aliphatic heterocycles. The van der Waals surface area contributed by atoms with E-state index in [-0.39, 0.29) is 5.54 Å². The molecule has 168 valence electrons. The first-order chi connectivity index (χ1) is 15.7. The highest BCUT2D eigenvalue weighted by atomic mass is 15.2. The van der Waals surface area contributed by atoms with Gasteiger partial charge in [-0.3, -0.25) is 0 Å². The van der Waals surface area contributed by atoms with Gasteiger partial charge in [-0.15, -0.1) is 0 Å². The normalized spacial score (nSPS) is 22.9. The van der Waals surface area contributed by atoms with Crippen molar-refractivity contribution in [3.63, 3.8) is 0 Å². The van der Waals surface area contributed by atoms with Gasteiger partial charge < -0.3 is 14.6 Å². The molecule has 1 unspecified atom stereocenters. The maximum Gasteiger partial charge on any atom is 0.263 e. The number of hydrogen-bond donors (Lipinski definition) is 0. The molecular formula is C29H37N3. The number of aryl methyl sites for hydroxylation is 1. The molecule has 0 spiro atoms. The molecule has 5 rings (SSSR count). The Bertz CT molecular complexity index is 911. The van der Waals surface area contributed by atoms with Crippen LogP contribution in [0.1, 0.15) is 49.7 Å². The number of nitrogens with zero attached hydrogens (tertiary/aromatic N) is 3. The van der Waals surface area contributed by atoms with Crippen LogP contribution in [0, 0.1) is 31.2 Å². The summed E-state index contributed by atoms with van der Waals surface area (Å²) < 4.78 is 0. The molecule has 2 saturated heterocycles. The van der Waals surface area contributed by atoms with Gasteiger partial charge in [0.15, 0.2) is 0 Å². The number of benzene rings is 2. The fourth-order valence-corrected chi connectivity index (χ4v) is 6.70. The lowest BCUT2D eigenvalue weighted by Crippen LogP contribution is -2.53. The average molecular weight is 428 g/mol. The molecule has 3 fully saturated rings. The van der Waals surface area contributed by atoms with Crippen LogP contribution in [0.4, 0.5) is 5.69 Å². The van der Waals surface area contributed by atoms with Crippen LogP contribution >= 0.6 is 0 Å². The van der Waals surface area contributed by atoms with Crippen LogP contribution in [-0.2, 0) is 5.54 Å². The molecule has 0 bridgehead atoms. The fraction of sp³-hybridized carbons (Fsp3) is 0.552. The van der Waals surface area contributed by atoms with Crippen molar-refractivity contribution < 1.29 is 0 Å². The van der Waals surface area contributed by atoms with Crippen LogP contribution in [0.2, 0.25) is 0 Å². The predicted octanol–water partition coefficient (Wildman–Crippen LogP) is 6.15. The van der Waals surface area contributed by atoms with E-state index in [9.17, 15) is 0 Å². The van der Waals surface area contributed by atoms with Crippen LogP contribution in [0.5, 0.6) is 0 Å². The van der Waals surface area contributed by atoms with E-state index in [1.165, 1.54) is 75.0 Å². The maximum absolute atomic E-state index is 8.37. The first kappa shape index (κ1) is 21.5. The molecule has 32 heavy (non-hydrogen) atoms. The molecule has 1 saturated carbocycles. The number of rotatable bonds is 6. The van der Waals surface area contributed by atoms with Crippen LogP contribution in [0.15, 0.2) is 54.6 Å². The van der Waals surface area contributed by atoms with Crippen molar-refractivity contribution in [3.05, 3.63) is 77.1 Å². The quantitative estimate of drug-likeness (QED) is 0.512. The van der Waals surface area contributed by atoms with Gasteiger partial charge >= 0.3 is 0 Å². The highest BCUT2D eigenvalue weighted by molar-refractivity contribution is 5.49. The zero-order valence-electron chi connectivity index (χ0n) is 19.5. The van der Waals surface area contributed by atoms with E-state index in [1.54, 1.807) is 0 Å². The third-order valence-corrected chi connectivity index (χ3v) is 8.48. The van der Waals surface area contributed by atoms with Gasteiger partial charge in [0.2, 0.25) is 0 Å². The maximum atomic E-state index is 8.37. The van der Waals surface area contributed by atoms with Crippen LogP contribution in [0.25, 0.3) is 4.85 Å². The van der Waals surface area contributed by atoms with E-state index in [4.69, 9.17) is 6.57 Å². The Morgan fingerprint density at radius 1 is 0.875 bits per heavy atom. The molecule has 1 aliphatic carbocycles. The first-order valence-corrected chi connectivity index (χ1v) is 12.7. The SMILES string of the molecule is [C-]#[N+]C(c1ccccc1)(C1CCCC1)C1CCN(CC2CN(c3ccc(C)cc3)C2)CC1. The largest absolute Gasteiger partial charge is 0.371 e. The highest BCUT2D eigenvalue weighted by Crippen LogP contribution is 2.51. The van der Waals surface area contributed by atoms with Gasteiger partial charge in [0.05, 0.1) is 0 Å². The van der Waals surface area contributed by atoms with Crippen molar-refractivity contribution in [2.45, 2.75) is 51.0 Å². The summed E-state index contributed by atoms with van der Waals surface area (Å²) in [5, 5.41) is 0. The number of hydrogen-bond acceptors (Lipinski definition) is 2. The second-order valence-electron chi connectivity index (χ2n) is 10.5. The smallest absolute Gasteiger partial charge is 0.263 e. The molecule has 2 heterocycles. The number of likely N-dealkylation sites (tertiary alicyclic amines) is 1. The molecule has 0 N–H and O–H groups in total. The molecule has 1 atom stereocenters. The third kappa shape index (κ3) is 4.06. The minimum atomic E-state index is -0.303. The van der Waals surface area contributed by atoms with Gasteiger partial charge in [-0.25, -0.2) is 6.57 Å². The lowest BCUT2D eigenvalue weighted by atomic mass is 9.66. The lowest BCUT2D eigenvalue weighted by molar-refractivity contribution is 0.0986. The summed E-state index contributed by atoms with van der Waals surface area (Å²) in [6, 6.07) is 19.8. The van der Waals surface area contributed by atoms with Crippen molar-refractivity contribution in [1.82, 2.24) is 4.90 Å². The summed E-state index contributed by atoms with van der Waals surface area (Å²) in [5.74, 6) is 1.81. The Labute approximate surface area is 194 Å². The Morgan fingerprint density at radius 2 is 1.50 bits per heavy atom. The van der Waals surface area contributed by atoms with Crippen molar-refractivity contribution >= 4 is 5.69 Å². The van der Waals surface area contributed by atoms with E-state index in [2.05, 4.69) is 76.2 Å². The van der Waals surface area contributed by atoms with Crippen LogP contribution < -0.4 is 4.90 Å². The van der Waals surface area contributed by atoms with Gasteiger partial charge in [-0.05, 0) is 57.8 Å². The van der Waals surface area contributed by atoms with Gasteiger partial charge in [0.25, 0.3) is 5.54 Å². The van der Waals surface area contributed by atoms with Crippen molar-refractivity contribution in [3.8, 4) is 0 Å². The molecule has 3 aliphatic rings. The lowest BCUT2D eigenvalue weighted by Gasteiger charge is -2.45. The zero-order valence-corrected chi connectivity index (χ0v) is 19.5. The van der Waals surface area contributed by atoms with Crippen LogP contribution in [-0.4, -0.2) is 37.6 Å². The minimum Gasteiger partial charge on any atom is -0.371 e. The Kier molecular flexibility index (Phi) is 6.24. The second-order valence-corrected chi connectivity index (χ2v) is 10.5. The van der Waals surface area contributed by atoms with E-state index >= 15 is 0 Å². The van der Waals surface area contributed by atoms with Crippen molar-refractivity contribution in [2.75, 3.05) is 37.6 Å². The van der Waals surface area contributed by atoms with E-state index < -0.39 is 0 Å². The topological polar surface area (TPSA) is 10.8 Å². The number of anilines is 1. The molecule has 2 aromatic rings. The summed E-state index contributed by atoms with van der Waals surface area (Å²) in [7, 11) is 0. The molecule has 2 aromatic carbocycles. The van der Waals surface area contributed by atoms with E-state index in [0.717, 1.165) is 19.0 Å². The van der Waals surface area contributed by atoms with Gasteiger partial charge in [-0.2, -0.15) is 0 Å². The molecule has 0 radical (unpaired) electrons. The minimum absolute atomic E-state index is 0.303. The second kappa shape index (κ2) is 9.28. The van der Waals surface area contributed by atoms with Crippen molar-refractivity contribution in [1.29, 1.82) is 0 Å². The number of piperidine rings is 1. The van der Waals surface area contributed by atoms with Gasteiger partial charge in [0.1, 0.15) is 0 Å². The summed E-state index contributed by atoms with van der Waals surface area (Å²) in [5.41, 5.74) is 3.68. The predicted molar refractivity (Wildman–Crippen MR) is 133 cm³/mol. The summed E-state index contributed by atoms with van der Waals surface area (Å²) in [6.07, 6.45) is 7.40. The monoisotopic (exact) mass is 427 g/mol. The van der Waals surface area contributed by atoms with E-state index in [0.29, 0.717) is 11.8 Å². The van der Waals surface area contributed by atoms with E-state index in [1.807, 2.05) is 0 Å². The summed E-state index contributed by atoms with van der Waals surface area (Å²) >= 11 is 0. The van der Waals surface area contributed by atoms with Crippen molar-refractivity contribution in [2.24, 2.45) is 17.8 Å². The highest BCUT2D eigenvalue weighted by Gasteiger charge is 2.54. The first-order valence-electron chi connectivity index (χ1n) is 12.7. The Morgan fingerprint density at radius 3 is 2.12 bits per heavy atom.